The minimum absolute atomic E-state index is 0.699. The van der Waals surface area contributed by atoms with Crippen molar-refractivity contribution in [3.63, 3.8) is 0 Å². The van der Waals surface area contributed by atoms with Crippen LogP contribution in [-0.2, 0) is 19.3 Å². The molecule has 0 nitrogen and oxygen atoms in total. The van der Waals surface area contributed by atoms with E-state index in [0.29, 0.717) is 5.02 Å². The molecule has 1 aliphatic carbocycles. The molecule has 3 rings (SSSR count). The van der Waals surface area contributed by atoms with Gasteiger partial charge in [0.1, 0.15) is 0 Å². The molecule has 0 saturated heterocycles. The number of aryl methyl sites for hydroxylation is 3. The van der Waals surface area contributed by atoms with Gasteiger partial charge in [-0.25, -0.2) is 0 Å². The molecule has 2 heteroatoms. The van der Waals surface area contributed by atoms with Crippen molar-refractivity contribution in [2.45, 2.75) is 38.5 Å². The highest BCUT2D eigenvalue weighted by atomic mass is 35.5. The third-order valence-corrected chi connectivity index (χ3v) is 4.87. The van der Waals surface area contributed by atoms with Gasteiger partial charge >= 0.3 is 0 Å². The monoisotopic (exact) mass is 304 g/mol. The summed E-state index contributed by atoms with van der Waals surface area (Å²) in [6, 6.07) is 12.7. The van der Waals surface area contributed by atoms with Gasteiger partial charge in [-0.15, -0.1) is 0 Å². The van der Waals surface area contributed by atoms with Crippen LogP contribution in [0.2, 0.25) is 10.0 Å². The maximum absolute atomic E-state index is 6.22. The third-order valence-electron chi connectivity index (χ3n) is 4.28. The Morgan fingerprint density at radius 3 is 2.70 bits per heavy atom. The topological polar surface area (TPSA) is 0 Å². The lowest BCUT2D eigenvalue weighted by Gasteiger charge is -2.08. The van der Waals surface area contributed by atoms with Gasteiger partial charge in [-0.1, -0.05) is 54.4 Å². The van der Waals surface area contributed by atoms with E-state index in [1.807, 2.05) is 18.2 Å². The number of halogens is 2. The summed E-state index contributed by atoms with van der Waals surface area (Å²) in [4.78, 5) is 0. The fourth-order valence-corrected chi connectivity index (χ4v) is 3.55. The number of hydrogen-bond acceptors (Lipinski definition) is 0. The van der Waals surface area contributed by atoms with Crippen molar-refractivity contribution >= 4 is 23.2 Å². The highest BCUT2D eigenvalue weighted by Crippen LogP contribution is 2.33. The second-order valence-corrected chi connectivity index (χ2v) is 6.55. The Morgan fingerprint density at radius 2 is 1.90 bits per heavy atom. The zero-order valence-corrected chi connectivity index (χ0v) is 13.1. The summed E-state index contributed by atoms with van der Waals surface area (Å²) in [5, 5.41) is 1.47. The summed E-state index contributed by atoms with van der Waals surface area (Å²) in [5.74, 6) is 0.727. The van der Waals surface area contributed by atoms with Crippen LogP contribution >= 0.6 is 23.2 Å². The van der Waals surface area contributed by atoms with Gasteiger partial charge in [-0.3, -0.25) is 0 Å². The lowest BCUT2D eigenvalue weighted by molar-refractivity contribution is 0.747. The van der Waals surface area contributed by atoms with E-state index in [2.05, 4.69) is 25.1 Å². The Kier molecular flexibility index (Phi) is 4.05. The molecular formula is C18H18Cl2. The molecule has 0 N–H and O–H groups in total. The Bertz CT molecular complexity index is 631. The second kappa shape index (κ2) is 5.79. The number of rotatable bonds is 3. The van der Waals surface area contributed by atoms with E-state index < -0.39 is 0 Å². The normalized spacial score (nSPS) is 17.2. The molecule has 0 fully saturated rings. The Hall–Kier alpha value is -0.980. The smallest absolute Gasteiger partial charge is 0.0452 e. The van der Waals surface area contributed by atoms with E-state index in [-0.39, 0.29) is 0 Å². The molecular weight excluding hydrogens is 287 g/mol. The van der Waals surface area contributed by atoms with E-state index in [4.69, 9.17) is 23.2 Å². The fourth-order valence-electron chi connectivity index (χ4n) is 3.04. The van der Waals surface area contributed by atoms with Gasteiger partial charge in [0.25, 0.3) is 0 Å². The highest BCUT2D eigenvalue weighted by molar-refractivity contribution is 6.35. The second-order valence-electron chi connectivity index (χ2n) is 5.71. The molecule has 0 aromatic heterocycles. The lowest BCUT2D eigenvalue weighted by Crippen LogP contribution is -1.94. The molecule has 0 heterocycles. The quantitative estimate of drug-likeness (QED) is 0.669. The van der Waals surface area contributed by atoms with Crippen molar-refractivity contribution in [3.05, 3.63) is 68.7 Å². The average molecular weight is 305 g/mol. The van der Waals surface area contributed by atoms with Gasteiger partial charge in [0.15, 0.2) is 0 Å². The summed E-state index contributed by atoms with van der Waals surface area (Å²) in [5.41, 5.74) is 5.66. The van der Waals surface area contributed by atoms with Gasteiger partial charge < -0.3 is 0 Å². The van der Waals surface area contributed by atoms with Crippen molar-refractivity contribution in [3.8, 4) is 0 Å². The van der Waals surface area contributed by atoms with Crippen LogP contribution in [0.4, 0.5) is 0 Å². The third kappa shape index (κ3) is 2.87. The average Bonchev–Trinajstić information content (AvgIpc) is 2.79. The van der Waals surface area contributed by atoms with Crippen molar-refractivity contribution < 1.29 is 0 Å². The standard InChI is InChI=1S/C18H18Cl2/c1-12-2-5-15-10-13(4-9-17(12)15)3-6-14-7-8-16(19)11-18(14)20/h4,7-12H,2-3,5-6H2,1H3. The molecule has 1 unspecified atom stereocenters. The predicted molar refractivity (Wildman–Crippen MR) is 87.0 cm³/mol. The molecule has 20 heavy (non-hydrogen) atoms. The summed E-state index contributed by atoms with van der Waals surface area (Å²) in [6.07, 6.45) is 4.52. The molecule has 2 aromatic rings. The van der Waals surface area contributed by atoms with Gasteiger partial charge in [-0.05, 0) is 66.0 Å². The summed E-state index contributed by atoms with van der Waals surface area (Å²) in [6.45, 7) is 2.32. The first-order valence-corrected chi connectivity index (χ1v) is 7.94. The van der Waals surface area contributed by atoms with E-state index in [1.54, 1.807) is 5.56 Å². The first kappa shape index (κ1) is 14.0. The van der Waals surface area contributed by atoms with Gasteiger partial charge in [0.05, 0.1) is 0 Å². The van der Waals surface area contributed by atoms with Crippen LogP contribution < -0.4 is 0 Å². The molecule has 0 amide bonds. The Morgan fingerprint density at radius 1 is 1.05 bits per heavy atom. The van der Waals surface area contributed by atoms with Crippen LogP contribution in [0.3, 0.4) is 0 Å². The maximum Gasteiger partial charge on any atom is 0.0452 e. The summed E-state index contributed by atoms with van der Waals surface area (Å²) in [7, 11) is 0. The molecule has 0 radical (unpaired) electrons. The molecule has 0 aliphatic heterocycles. The zero-order valence-electron chi connectivity index (χ0n) is 11.6. The number of benzene rings is 2. The largest absolute Gasteiger partial charge is 0.0843 e. The predicted octanol–water partition coefficient (Wildman–Crippen LogP) is 5.83. The number of fused-ring (bicyclic) bond motifs is 1. The van der Waals surface area contributed by atoms with Crippen molar-refractivity contribution in [1.29, 1.82) is 0 Å². The van der Waals surface area contributed by atoms with E-state index >= 15 is 0 Å². The first-order valence-electron chi connectivity index (χ1n) is 7.19. The maximum atomic E-state index is 6.22. The lowest BCUT2D eigenvalue weighted by atomic mass is 9.98. The molecule has 104 valence electrons. The Labute approximate surface area is 130 Å². The van der Waals surface area contributed by atoms with Crippen molar-refractivity contribution in [1.82, 2.24) is 0 Å². The number of hydrogen-bond donors (Lipinski definition) is 0. The van der Waals surface area contributed by atoms with Crippen molar-refractivity contribution in [2.24, 2.45) is 0 Å². The van der Waals surface area contributed by atoms with Crippen LogP contribution in [0.1, 0.15) is 41.5 Å². The zero-order chi connectivity index (χ0) is 14.1. The molecule has 1 atom stereocenters. The van der Waals surface area contributed by atoms with Gasteiger partial charge in [0, 0.05) is 10.0 Å². The van der Waals surface area contributed by atoms with Crippen LogP contribution in [-0.4, -0.2) is 0 Å². The first-order chi connectivity index (χ1) is 9.63. The summed E-state index contributed by atoms with van der Waals surface area (Å²) >= 11 is 12.2. The SMILES string of the molecule is CC1CCc2cc(CCc3ccc(Cl)cc3Cl)ccc21. The summed E-state index contributed by atoms with van der Waals surface area (Å²) < 4.78 is 0. The van der Waals surface area contributed by atoms with Crippen LogP contribution in [0.15, 0.2) is 36.4 Å². The van der Waals surface area contributed by atoms with E-state index in [9.17, 15) is 0 Å². The van der Waals surface area contributed by atoms with Crippen LogP contribution in [0, 0.1) is 0 Å². The van der Waals surface area contributed by atoms with E-state index in [1.165, 1.54) is 29.5 Å². The minimum atomic E-state index is 0.699. The molecule has 2 aromatic carbocycles. The minimum Gasteiger partial charge on any atom is -0.0843 e. The molecule has 0 saturated carbocycles. The van der Waals surface area contributed by atoms with Crippen molar-refractivity contribution in [2.75, 3.05) is 0 Å². The van der Waals surface area contributed by atoms with E-state index in [0.717, 1.165) is 23.8 Å². The Balaban J connectivity index is 1.73. The highest BCUT2D eigenvalue weighted by Gasteiger charge is 2.18. The van der Waals surface area contributed by atoms with Crippen LogP contribution in [0.5, 0.6) is 0 Å². The molecule has 0 spiro atoms. The molecule has 1 aliphatic rings. The van der Waals surface area contributed by atoms with Gasteiger partial charge in [-0.2, -0.15) is 0 Å². The molecule has 0 bridgehead atoms. The fraction of sp³-hybridized carbons (Fsp3) is 0.333. The van der Waals surface area contributed by atoms with Gasteiger partial charge in [0.2, 0.25) is 0 Å². The van der Waals surface area contributed by atoms with Crippen LogP contribution in [0.25, 0.3) is 0 Å².